The maximum absolute atomic E-state index is 12.1. The number of carbonyl (C=O) groups is 1. The van der Waals surface area contributed by atoms with Gasteiger partial charge in [0, 0.05) is 29.3 Å². The first kappa shape index (κ1) is 17.6. The van der Waals surface area contributed by atoms with E-state index in [-0.39, 0.29) is 12.0 Å². The molecule has 2 aromatic carbocycles. The maximum Gasteiger partial charge on any atom is 0.230 e. The molecule has 4 rings (SSSR count). The Balaban J connectivity index is 1.33. The number of nitrogens with zero attached hydrogens (tertiary/aromatic N) is 1. The quantitative estimate of drug-likeness (QED) is 0.662. The minimum Gasteiger partial charge on any atom is -0.487 e. The van der Waals surface area contributed by atoms with E-state index in [4.69, 9.17) is 4.74 Å². The highest BCUT2D eigenvalue weighted by atomic mass is 32.2. The lowest BCUT2D eigenvalue weighted by molar-refractivity contribution is -0.118. The largest absolute Gasteiger partial charge is 0.487 e. The minimum absolute atomic E-state index is 0.0257. The summed E-state index contributed by atoms with van der Waals surface area (Å²) in [5, 5.41) is 2.99. The van der Waals surface area contributed by atoms with Crippen LogP contribution in [-0.4, -0.2) is 29.3 Å². The minimum atomic E-state index is -0.0336. The van der Waals surface area contributed by atoms with E-state index < -0.39 is 0 Å². The van der Waals surface area contributed by atoms with Gasteiger partial charge in [0.2, 0.25) is 5.91 Å². The second kappa shape index (κ2) is 8.27. The molecule has 5 heteroatoms. The number of carbonyl (C=O) groups excluding carboxylic acids is 1. The zero-order valence-electron chi connectivity index (χ0n) is 14.8. The van der Waals surface area contributed by atoms with Crippen molar-refractivity contribution in [3.8, 4) is 16.9 Å². The van der Waals surface area contributed by atoms with E-state index in [1.807, 2.05) is 42.5 Å². The third-order valence-corrected chi connectivity index (χ3v) is 5.47. The first-order valence-electron chi connectivity index (χ1n) is 8.93. The van der Waals surface area contributed by atoms with Crippen LogP contribution in [0.1, 0.15) is 5.56 Å². The molecule has 4 nitrogen and oxygen atoms in total. The number of hydrogen-bond acceptors (Lipinski definition) is 4. The van der Waals surface area contributed by atoms with Gasteiger partial charge in [-0.1, -0.05) is 36.4 Å². The third kappa shape index (κ3) is 4.31. The van der Waals surface area contributed by atoms with Gasteiger partial charge in [0.15, 0.2) is 0 Å². The number of benzene rings is 2. The average Bonchev–Trinajstić information content (AvgIpc) is 3.15. The molecule has 0 spiro atoms. The van der Waals surface area contributed by atoms with Gasteiger partial charge in [-0.05, 0) is 35.4 Å². The fourth-order valence-corrected chi connectivity index (χ4v) is 3.90. The van der Waals surface area contributed by atoms with E-state index in [9.17, 15) is 4.79 Å². The molecule has 1 atom stereocenters. The first-order chi connectivity index (χ1) is 13.3. The fourth-order valence-electron chi connectivity index (χ4n) is 3.16. The second-order valence-electron chi connectivity index (χ2n) is 6.38. The molecule has 1 aromatic heterocycles. The number of ether oxygens (including phenoxy) is 1. The van der Waals surface area contributed by atoms with Crippen molar-refractivity contribution < 1.29 is 9.53 Å². The van der Waals surface area contributed by atoms with E-state index in [0.717, 1.165) is 28.2 Å². The summed E-state index contributed by atoms with van der Waals surface area (Å²) in [7, 11) is 0. The highest BCUT2D eigenvalue weighted by molar-refractivity contribution is 8.00. The molecule has 136 valence electrons. The number of fused-ring (bicyclic) bond motifs is 1. The molecule has 1 aliphatic rings. The zero-order chi connectivity index (χ0) is 18.5. The van der Waals surface area contributed by atoms with Gasteiger partial charge in [0.1, 0.15) is 11.9 Å². The molecular weight excluding hydrogens is 356 g/mol. The number of hydrogen-bond donors (Lipinski definition) is 1. The molecule has 1 aliphatic heterocycles. The van der Waals surface area contributed by atoms with Crippen LogP contribution in [-0.2, 0) is 11.2 Å². The molecule has 1 unspecified atom stereocenters. The van der Waals surface area contributed by atoms with Crippen LogP contribution in [0.5, 0.6) is 5.75 Å². The van der Waals surface area contributed by atoms with Crippen LogP contribution < -0.4 is 10.1 Å². The molecule has 0 saturated carbocycles. The molecule has 1 amide bonds. The van der Waals surface area contributed by atoms with E-state index in [1.165, 1.54) is 17.3 Å². The van der Waals surface area contributed by atoms with Crippen molar-refractivity contribution in [3.05, 3.63) is 78.6 Å². The molecule has 0 bridgehead atoms. The summed E-state index contributed by atoms with van der Waals surface area (Å²) < 4.78 is 6.16. The number of para-hydroxylation sites is 1. The van der Waals surface area contributed by atoms with Crippen molar-refractivity contribution in [2.24, 2.45) is 0 Å². The summed E-state index contributed by atoms with van der Waals surface area (Å²) in [5.74, 6) is 1.35. The Morgan fingerprint density at radius 1 is 1.07 bits per heavy atom. The van der Waals surface area contributed by atoms with Gasteiger partial charge in [-0.15, -0.1) is 11.8 Å². The number of rotatable bonds is 6. The Morgan fingerprint density at radius 2 is 1.89 bits per heavy atom. The van der Waals surface area contributed by atoms with Crippen molar-refractivity contribution in [2.45, 2.75) is 17.4 Å². The van der Waals surface area contributed by atoms with Crippen molar-refractivity contribution in [3.63, 3.8) is 0 Å². The molecule has 2 heterocycles. The van der Waals surface area contributed by atoms with Crippen molar-refractivity contribution in [1.29, 1.82) is 0 Å². The molecule has 0 radical (unpaired) electrons. The monoisotopic (exact) mass is 376 g/mol. The molecule has 1 N–H and O–H groups in total. The van der Waals surface area contributed by atoms with E-state index in [0.29, 0.717) is 12.3 Å². The Bertz CT molecular complexity index is 916. The fraction of sp³-hybridized carbons (Fsp3) is 0.182. The van der Waals surface area contributed by atoms with Crippen molar-refractivity contribution in [1.82, 2.24) is 10.3 Å². The molecule has 27 heavy (non-hydrogen) atoms. The van der Waals surface area contributed by atoms with Crippen LogP contribution in [0.2, 0.25) is 0 Å². The highest BCUT2D eigenvalue weighted by Crippen LogP contribution is 2.38. The first-order valence-corrected chi connectivity index (χ1v) is 9.91. The van der Waals surface area contributed by atoms with Gasteiger partial charge in [-0.3, -0.25) is 9.78 Å². The third-order valence-electron chi connectivity index (χ3n) is 4.46. The van der Waals surface area contributed by atoms with Crippen LogP contribution in [0.15, 0.2) is 78.0 Å². The standard InChI is InChI=1S/C22H20N2O2S/c25-21(15-27-19-6-2-1-3-7-19)24-14-18-13-17-5-4-8-20(22(17)26-18)16-9-11-23-12-10-16/h1-12,18H,13-15H2,(H,24,25). The van der Waals surface area contributed by atoms with Crippen molar-refractivity contribution >= 4 is 17.7 Å². The molecule has 0 fully saturated rings. The molecular formula is C22H20N2O2S. The van der Waals surface area contributed by atoms with Gasteiger partial charge in [-0.2, -0.15) is 0 Å². The summed E-state index contributed by atoms with van der Waals surface area (Å²) in [6, 6.07) is 20.1. The topological polar surface area (TPSA) is 51.2 Å². The van der Waals surface area contributed by atoms with Gasteiger partial charge < -0.3 is 10.1 Å². The number of amides is 1. The van der Waals surface area contributed by atoms with E-state index in [1.54, 1.807) is 12.4 Å². The smallest absolute Gasteiger partial charge is 0.230 e. The summed E-state index contributed by atoms with van der Waals surface area (Å²) >= 11 is 1.54. The Hall–Kier alpha value is -2.79. The summed E-state index contributed by atoms with van der Waals surface area (Å²) in [6.45, 7) is 0.513. The normalized spacial score (nSPS) is 15.0. The summed E-state index contributed by atoms with van der Waals surface area (Å²) in [5.41, 5.74) is 3.34. The second-order valence-corrected chi connectivity index (χ2v) is 7.43. The summed E-state index contributed by atoms with van der Waals surface area (Å²) in [6.07, 6.45) is 4.34. The average molecular weight is 376 g/mol. The Kier molecular flexibility index (Phi) is 5.39. The number of aromatic nitrogens is 1. The predicted octanol–water partition coefficient (Wildman–Crippen LogP) is 3.96. The van der Waals surface area contributed by atoms with Gasteiger partial charge in [0.25, 0.3) is 0 Å². The van der Waals surface area contributed by atoms with Gasteiger partial charge in [0.05, 0.1) is 12.3 Å². The molecule has 3 aromatic rings. The lowest BCUT2D eigenvalue weighted by Gasteiger charge is -2.13. The number of pyridine rings is 1. The number of nitrogens with one attached hydrogen (secondary N) is 1. The van der Waals surface area contributed by atoms with Crippen LogP contribution in [0.3, 0.4) is 0 Å². The number of thioether (sulfide) groups is 1. The van der Waals surface area contributed by atoms with Crippen LogP contribution in [0.25, 0.3) is 11.1 Å². The molecule has 0 aliphatic carbocycles. The Morgan fingerprint density at radius 3 is 2.70 bits per heavy atom. The maximum atomic E-state index is 12.1. The van der Waals surface area contributed by atoms with Crippen LogP contribution in [0, 0.1) is 0 Å². The van der Waals surface area contributed by atoms with Crippen LogP contribution >= 0.6 is 11.8 Å². The molecule has 0 saturated heterocycles. The van der Waals surface area contributed by atoms with E-state index >= 15 is 0 Å². The zero-order valence-corrected chi connectivity index (χ0v) is 15.6. The van der Waals surface area contributed by atoms with Gasteiger partial charge in [-0.25, -0.2) is 0 Å². The lowest BCUT2D eigenvalue weighted by atomic mass is 10.0. The predicted molar refractivity (Wildman–Crippen MR) is 108 cm³/mol. The Labute approximate surface area is 163 Å². The lowest BCUT2D eigenvalue weighted by Crippen LogP contribution is -2.35. The van der Waals surface area contributed by atoms with Gasteiger partial charge >= 0.3 is 0 Å². The highest BCUT2D eigenvalue weighted by Gasteiger charge is 2.26. The SMILES string of the molecule is O=C(CSc1ccccc1)NCC1Cc2cccc(-c3ccncc3)c2O1. The van der Waals surface area contributed by atoms with Crippen LogP contribution in [0.4, 0.5) is 0 Å². The van der Waals surface area contributed by atoms with E-state index in [2.05, 4.69) is 28.5 Å². The summed E-state index contributed by atoms with van der Waals surface area (Å²) in [4.78, 5) is 17.3. The van der Waals surface area contributed by atoms with Crippen molar-refractivity contribution in [2.75, 3.05) is 12.3 Å².